The third-order valence-electron chi connectivity index (χ3n) is 5.16. The Balaban J connectivity index is 1.54. The van der Waals surface area contributed by atoms with E-state index in [1.165, 1.54) is 4.90 Å². The second-order valence-corrected chi connectivity index (χ2v) is 10.3. The van der Waals surface area contributed by atoms with Gasteiger partial charge in [0.25, 0.3) is 5.91 Å². The Labute approximate surface area is 230 Å². The third-order valence-corrected chi connectivity index (χ3v) is 6.68. The van der Waals surface area contributed by atoms with Crippen molar-refractivity contribution in [1.29, 1.82) is 0 Å². The predicted octanol–water partition coefficient (Wildman–Crippen LogP) is 6.78. The van der Waals surface area contributed by atoms with Crippen molar-refractivity contribution in [3.05, 3.63) is 96.1 Å². The molecule has 6 nitrogen and oxygen atoms in total. The summed E-state index contributed by atoms with van der Waals surface area (Å²) < 4.78 is 13.8. The molecule has 0 aromatic heterocycles. The van der Waals surface area contributed by atoms with Crippen molar-refractivity contribution in [2.45, 2.75) is 20.1 Å². The van der Waals surface area contributed by atoms with Crippen LogP contribution in [0.25, 0.3) is 6.08 Å². The number of nitrogens with one attached hydrogen (secondary N) is 1. The number of carbonyl (C=O) groups excluding carboxylic acids is 2. The van der Waals surface area contributed by atoms with Crippen molar-refractivity contribution >= 4 is 68.1 Å². The van der Waals surface area contributed by atoms with Crippen LogP contribution in [0, 0.1) is 3.57 Å². The van der Waals surface area contributed by atoms with Gasteiger partial charge in [-0.2, -0.15) is 0 Å². The van der Waals surface area contributed by atoms with Crippen molar-refractivity contribution < 1.29 is 19.1 Å². The number of benzene rings is 3. The van der Waals surface area contributed by atoms with Crippen molar-refractivity contribution in [3.63, 3.8) is 0 Å². The van der Waals surface area contributed by atoms with Crippen LogP contribution in [0.4, 0.5) is 4.79 Å². The molecule has 3 amide bonds. The SMILES string of the molecule is CCOc1cc(/C=C2/NC(=O)N(Cc3ccc(Br)cc3)C2=O)cc(Cl)c1OCc1ccc(I)cc1. The zero-order valence-electron chi connectivity index (χ0n) is 18.7. The van der Waals surface area contributed by atoms with E-state index in [-0.39, 0.29) is 12.2 Å². The van der Waals surface area contributed by atoms with Gasteiger partial charge >= 0.3 is 6.03 Å². The Bertz CT molecular complexity index is 1280. The molecule has 0 atom stereocenters. The van der Waals surface area contributed by atoms with Gasteiger partial charge in [-0.3, -0.25) is 9.69 Å². The molecular weight excluding hydrogens is 647 g/mol. The average Bonchev–Trinajstić information content (AvgIpc) is 3.08. The number of ether oxygens (including phenoxy) is 2. The van der Waals surface area contributed by atoms with E-state index in [2.05, 4.69) is 43.8 Å². The van der Waals surface area contributed by atoms with Gasteiger partial charge in [-0.05, 0) is 88.7 Å². The summed E-state index contributed by atoms with van der Waals surface area (Å²) in [5, 5.41) is 2.99. The Morgan fingerprint density at radius 1 is 1.03 bits per heavy atom. The quantitative estimate of drug-likeness (QED) is 0.164. The molecule has 1 heterocycles. The lowest BCUT2D eigenvalue weighted by atomic mass is 10.1. The zero-order chi connectivity index (χ0) is 24.9. The minimum absolute atomic E-state index is 0.165. The van der Waals surface area contributed by atoms with Gasteiger partial charge in [0.05, 0.1) is 18.2 Å². The number of rotatable bonds is 8. The van der Waals surface area contributed by atoms with Gasteiger partial charge in [0.1, 0.15) is 12.3 Å². The molecule has 9 heteroatoms. The Morgan fingerprint density at radius 3 is 2.40 bits per heavy atom. The first kappa shape index (κ1) is 25.5. The summed E-state index contributed by atoms with van der Waals surface area (Å²) in [5.74, 6) is 0.472. The van der Waals surface area contributed by atoms with Crippen molar-refractivity contribution in [2.24, 2.45) is 0 Å². The second-order valence-electron chi connectivity index (χ2n) is 7.68. The minimum Gasteiger partial charge on any atom is -0.490 e. The minimum atomic E-state index is -0.474. The summed E-state index contributed by atoms with van der Waals surface area (Å²) >= 11 is 12.2. The van der Waals surface area contributed by atoms with E-state index in [1.54, 1.807) is 18.2 Å². The second kappa shape index (κ2) is 11.5. The average molecular weight is 668 g/mol. The van der Waals surface area contributed by atoms with Gasteiger partial charge in [0, 0.05) is 8.04 Å². The van der Waals surface area contributed by atoms with Crippen LogP contribution in [-0.4, -0.2) is 23.4 Å². The van der Waals surface area contributed by atoms with Gasteiger partial charge in [-0.25, -0.2) is 4.79 Å². The van der Waals surface area contributed by atoms with E-state index >= 15 is 0 Å². The third kappa shape index (κ3) is 6.36. The number of amides is 3. The van der Waals surface area contributed by atoms with E-state index in [0.29, 0.717) is 35.3 Å². The Hall–Kier alpha value is -2.56. The monoisotopic (exact) mass is 666 g/mol. The van der Waals surface area contributed by atoms with Crippen LogP contribution in [0.2, 0.25) is 5.02 Å². The summed E-state index contributed by atoms with van der Waals surface area (Å²) in [5.41, 5.74) is 2.61. The first-order chi connectivity index (χ1) is 16.8. The first-order valence-corrected chi connectivity index (χ1v) is 13.0. The maximum absolute atomic E-state index is 12.9. The molecule has 35 heavy (non-hydrogen) atoms. The molecule has 3 aromatic carbocycles. The molecule has 1 fully saturated rings. The van der Waals surface area contributed by atoms with E-state index in [9.17, 15) is 9.59 Å². The molecule has 3 aromatic rings. The normalized spacial score (nSPS) is 14.4. The van der Waals surface area contributed by atoms with E-state index in [1.807, 2.05) is 55.5 Å². The first-order valence-electron chi connectivity index (χ1n) is 10.8. The molecule has 0 unspecified atom stereocenters. The summed E-state index contributed by atoms with van der Waals surface area (Å²) in [6.45, 7) is 2.78. The van der Waals surface area contributed by atoms with Gasteiger partial charge < -0.3 is 14.8 Å². The van der Waals surface area contributed by atoms with Crippen molar-refractivity contribution in [2.75, 3.05) is 6.61 Å². The fraction of sp³-hybridized carbons (Fsp3) is 0.154. The number of imide groups is 1. The van der Waals surface area contributed by atoms with Crippen LogP contribution in [0.15, 0.2) is 70.8 Å². The molecule has 1 saturated heterocycles. The number of nitrogens with zero attached hydrogens (tertiary/aromatic N) is 1. The topological polar surface area (TPSA) is 67.9 Å². The highest BCUT2D eigenvalue weighted by Gasteiger charge is 2.33. The maximum Gasteiger partial charge on any atom is 0.329 e. The molecule has 0 saturated carbocycles. The molecule has 180 valence electrons. The van der Waals surface area contributed by atoms with Crippen LogP contribution < -0.4 is 14.8 Å². The van der Waals surface area contributed by atoms with Crippen molar-refractivity contribution in [3.8, 4) is 11.5 Å². The highest BCUT2D eigenvalue weighted by Crippen LogP contribution is 2.38. The van der Waals surface area contributed by atoms with Gasteiger partial charge in [-0.1, -0.05) is 51.8 Å². The lowest BCUT2D eigenvalue weighted by molar-refractivity contribution is -0.123. The predicted molar refractivity (Wildman–Crippen MR) is 147 cm³/mol. The Morgan fingerprint density at radius 2 is 1.71 bits per heavy atom. The standard InChI is InChI=1S/C26H21BrClIN2O4/c1-2-34-23-13-18(11-21(28)24(23)35-15-17-5-9-20(29)10-6-17)12-22-25(32)31(26(33)30-22)14-16-3-7-19(27)8-4-16/h3-13H,2,14-15H2,1H3,(H,30,33)/b22-12+. The highest BCUT2D eigenvalue weighted by atomic mass is 127. The van der Waals surface area contributed by atoms with Gasteiger partial charge in [0.15, 0.2) is 11.5 Å². The van der Waals surface area contributed by atoms with Gasteiger partial charge in [0.2, 0.25) is 0 Å². The zero-order valence-corrected chi connectivity index (χ0v) is 23.2. The van der Waals surface area contributed by atoms with Gasteiger partial charge in [-0.15, -0.1) is 0 Å². The maximum atomic E-state index is 12.9. The van der Waals surface area contributed by atoms with Crippen LogP contribution in [-0.2, 0) is 17.9 Å². The lowest BCUT2D eigenvalue weighted by Crippen LogP contribution is -2.30. The van der Waals surface area contributed by atoms with E-state index in [0.717, 1.165) is 19.2 Å². The molecule has 1 N–H and O–H groups in total. The smallest absolute Gasteiger partial charge is 0.329 e. The largest absolute Gasteiger partial charge is 0.490 e. The molecular formula is C26H21BrClIN2O4. The molecule has 4 rings (SSSR count). The summed E-state index contributed by atoms with van der Waals surface area (Å²) in [6, 6.07) is 18.4. The van der Waals surface area contributed by atoms with Crippen LogP contribution >= 0.6 is 50.1 Å². The Kier molecular flexibility index (Phi) is 8.35. The number of hydrogen-bond acceptors (Lipinski definition) is 4. The van der Waals surface area contributed by atoms with E-state index in [4.69, 9.17) is 21.1 Å². The molecule has 0 aliphatic carbocycles. The molecule has 0 bridgehead atoms. The fourth-order valence-corrected chi connectivity index (χ4v) is 4.36. The summed E-state index contributed by atoms with van der Waals surface area (Å²) in [6.07, 6.45) is 1.58. The van der Waals surface area contributed by atoms with Crippen LogP contribution in [0.3, 0.4) is 0 Å². The number of urea groups is 1. The molecule has 1 aliphatic heterocycles. The number of hydrogen-bond donors (Lipinski definition) is 1. The lowest BCUT2D eigenvalue weighted by Gasteiger charge is -2.15. The highest BCUT2D eigenvalue weighted by molar-refractivity contribution is 14.1. The van der Waals surface area contributed by atoms with E-state index < -0.39 is 11.9 Å². The van der Waals surface area contributed by atoms with Crippen LogP contribution in [0.5, 0.6) is 11.5 Å². The van der Waals surface area contributed by atoms with Crippen LogP contribution in [0.1, 0.15) is 23.6 Å². The summed E-state index contributed by atoms with van der Waals surface area (Å²) in [4.78, 5) is 26.5. The fourth-order valence-electron chi connectivity index (χ4n) is 3.46. The van der Waals surface area contributed by atoms with Crippen molar-refractivity contribution in [1.82, 2.24) is 10.2 Å². The molecule has 0 spiro atoms. The molecule has 0 radical (unpaired) electrons. The number of carbonyl (C=O) groups is 2. The number of halogens is 3. The molecule has 1 aliphatic rings. The summed E-state index contributed by atoms with van der Waals surface area (Å²) in [7, 11) is 0.